The second-order valence-electron chi connectivity index (χ2n) is 9.28. The Kier molecular flexibility index (Phi) is 7.40. The van der Waals surface area contributed by atoms with Gasteiger partial charge in [0.1, 0.15) is 6.04 Å². The second kappa shape index (κ2) is 10.3. The van der Waals surface area contributed by atoms with Crippen molar-refractivity contribution in [2.45, 2.75) is 57.7 Å². The van der Waals surface area contributed by atoms with Crippen molar-refractivity contribution >= 4 is 15.9 Å². The summed E-state index contributed by atoms with van der Waals surface area (Å²) in [5, 5.41) is 12.2. The van der Waals surface area contributed by atoms with Crippen LogP contribution in [0.5, 0.6) is 0 Å². The summed E-state index contributed by atoms with van der Waals surface area (Å²) in [6.07, 6.45) is 0.945. The Hall–Kier alpha value is -3.00. The Morgan fingerprint density at radius 2 is 1.57 bits per heavy atom. The van der Waals surface area contributed by atoms with E-state index >= 15 is 0 Å². The van der Waals surface area contributed by atoms with Crippen LogP contribution in [0.25, 0.3) is 0 Å². The molecule has 35 heavy (non-hydrogen) atoms. The Labute approximate surface area is 207 Å². The van der Waals surface area contributed by atoms with E-state index in [9.17, 15) is 18.3 Å². The van der Waals surface area contributed by atoms with Crippen LogP contribution < -0.4 is 5.32 Å². The second-order valence-corrected chi connectivity index (χ2v) is 11.1. The Morgan fingerprint density at radius 3 is 2.20 bits per heavy atom. The number of aryl methyl sites for hydroxylation is 3. The molecule has 0 bridgehead atoms. The number of benzene rings is 3. The quantitative estimate of drug-likeness (QED) is 0.528. The first-order valence-electron chi connectivity index (χ1n) is 11.8. The fourth-order valence-corrected chi connectivity index (χ4v) is 6.91. The average molecular weight is 493 g/mol. The van der Waals surface area contributed by atoms with Crippen molar-refractivity contribution < 1.29 is 18.3 Å². The maximum atomic E-state index is 13.9. The molecule has 6 nitrogen and oxygen atoms in total. The molecule has 1 aliphatic rings. The fraction of sp³-hybridized carbons (Fsp3) is 0.321. The lowest BCUT2D eigenvalue weighted by Gasteiger charge is -2.35. The standard InChI is InChI=1S/C28H32N2O4S/c1-19-14-20(2)27(21(3)15-19)35(33,34)30-17-25-7-5-4-6-24(25)16-26(30)28(32)29-13-12-22-8-10-23(18-31)11-9-22/h4-11,14-15,26,31H,12-13,16-18H2,1-3H3,(H,29,32). The lowest BCUT2D eigenvalue weighted by Crippen LogP contribution is -2.52. The number of nitrogens with zero attached hydrogens (tertiary/aromatic N) is 1. The summed E-state index contributed by atoms with van der Waals surface area (Å²) in [5.41, 5.74) is 6.17. The third-order valence-corrected chi connectivity index (χ3v) is 8.76. The van der Waals surface area contributed by atoms with Crippen LogP contribution in [0.15, 0.2) is 65.6 Å². The van der Waals surface area contributed by atoms with Gasteiger partial charge in [0.2, 0.25) is 15.9 Å². The molecule has 7 heteroatoms. The van der Waals surface area contributed by atoms with Crippen LogP contribution in [-0.4, -0.2) is 36.3 Å². The van der Waals surface area contributed by atoms with E-state index in [1.165, 1.54) is 4.31 Å². The molecule has 4 rings (SSSR count). The average Bonchev–Trinajstić information content (AvgIpc) is 2.82. The molecule has 3 aromatic carbocycles. The summed E-state index contributed by atoms with van der Waals surface area (Å²) in [4.78, 5) is 13.6. The number of carbonyl (C=O) groups is 1. The lowest BCUT2D eigenvalue weighted by molar-refractivity contribution is -0.125. The highest BCUT2D eigenvalue weighted by Gasteiger charge is 2.40. The van der Waals surface area contributed by atoms with Gasteiger partial charge in [0.25, 0.3) is 0 Å². The zero-order valence-electron chi connectivity index (χ0n) is 20.4. The van der Waals surface area contributed by atoms with Gasteiger partial charge in [0.15, 0.2) is 0 Å². The first-order chi connectivity index (χ1) is 16.7. The molecule has 1 atom stereocenters. The molecule has 0 spiro atoms. The van der Waals surface area contributed by atoms with E-state index in [1.54, 1.807) is 0 Å². The van der Waals surface area contributed by atoms with Crippen LogP contribution in [0.3, 0.4) is 0 Å². The highest BCUT2D eigenvalue weighted by Crippen LogP contribution is 2.32. The molecule has 0 aliphatic carbocycles. The van der Waals surface area contributed by atoms with Gasteiger partial charge < -0.3 is 10.4 Å². The summed E-state index contributed by atoms with van der Waals surface area (Å²) in [6, 6.07) is 18.2. The molecule has 184 valence electrons. The van der Waals surface area contributed by atoms with Crippen LogP contribution in [0.2, 0.25) is 0 Å². The van der Waals surface area contributed by atoms with Gasteiger partial charge in [-0.1, -0.05) is 66.2 Å². The van der Waals surface area contributed by atoms with E-state index in [2.05, 4.69) is 5.32 Å². The van der Waals surface area contributed by atoms with Crippen LogP contribution in [-0.2, 0) is 40.8 Å². The summed E-state index contributed by atoms with van der Waals surface area (Å²) in [7, 11) is -3.91. The lowest BCUT2D eigenvalue weighted by atomic mass is 9.95. The molecule has 0 aromatic heterocycles. The SMILES string of the molecule is Cc1cc(C)c(S(=O)(=O)N2Cc3ccccc3CC2C(=O)NCCc2ccc(CO)cc2)c(C)c1. The molecular formula is C28H32N2O4S. The van der Waals surface area contributed by atoms with Crippen molar-refractivity contribution in [1.82, 2.24) is 9.62 Å². The summed E-state index contributed by atoms with van der Waals surface area (Å²) in [5.74, 6) is -0.294. The number of aliphatic hydroxyl groups is 1. The van der Waals surface area contributed by atoms with E-state index in [0.29, 0.717) is 30.5 Å². The zero-order valence-corrected chi connectivity index (χ0v) is 21.2. The maximum absolute atomic E-state index is 13.9. The molecule has 0 radical (unpaired) electrons. The third-order valence-electron chi connectivity index (χ3n) is 6.60. The zero-order chi connectivity index (χ0) is 25.2. The third kappa shape index (κ3) is 5.32. The molecule has 0 saturated heterocycles. The number of rotatable bonds is 7. The number of sulfonamides is 1. The monoisotopic (exact) mass is 492 g/mol. The highest BCUT2D eigenvalue weighted by atomic mass is 32.2. The number of amides is 1. The molecule has 0 fully saturated rings. The van der Waals surface area contributed by atoms with Crippen molar-refractivity contribution in [2.75, 3.05) is 6.54 Å². The van der Waals surface area contributed by atoms with Crippen molar-refractivity contribution in [3.63, 3.8) is 0 Å². The minimum atomic E-state index is -3.91. The molecule has 1 heterocycles. The Balaban J connectivity index is 1.60. The van der Waals surface area contributed by atoms with Crippen LogP contribution in [0, 0.1) is 20.8 Å². The number of nitrogens with one attached hydrogen (secondary N) is 1. The molecule has 1 amide bonds. The van der Waals surface area contributed by atoms with Gasteiger partial charge >= 0.3 is 0 Å². The predicted molar refractivity (Wildman–Crippen MR) is 136 cm³/mol. The van der Waals surface area contributed by atoms with Gasteiger partial charge in [-0.25, -0.2) is 8.42 Å². The van der Waals surface area contributed by atoms with Gasteiger partial charge in [-0.3, -0.25) is 4.79 Å². The molecule has 0 saturated carbocycles. The number of fused-ring (bicyclic) bond motifs is 1. The summed E-state index contributed by atoms with van der Waals surface area (Å²) < 4.78 is 29.3. The van der Waals surface area contributed by atoms with E-state index in [1.807, 2.05) is 81.4 Å². The topological polar surface area (TPSA) is 86.7 Å². The maximum Gasteiger partial charge on any atom is 0.244 e. The minimum Gasteiger partial charge on any atom is -0.392 e. The number of aliphatic hydroxyl groups excluding tert-OH is 1. The van der Waals surface area contributed by atoms with Crippen molar-refractivity contribution in [2.24, 2.45) is 0 Å². The Bertz CT molecular complexity index is 1310. The normalized spacial score (nSPS) is 16.1. The number of carbonyl (C=O) groups excluding carboxylic acids is 1. The Morgan fingerprint density at radius 1 is 0.971 bits per heavy atom. The van der Waals surface area contributed by atoms with E-state index in [-0.39, 0.29) is 24.0 Å². The molecule has 1 aliphatic heterocycles. The first-order valence-corrected chi connectivity index (χ1v) is 13.3. The number of hydrogen-bond donors (Lipinski definition) is 2. The highest BCUT2D eigenvalue weighted by molar-refractivity contribution is 7.89. The van der Waals surface area contributed by atoms with Crippen molar-refractivity contribution in [1.29, 1.82) is 0 Å². The molecule has 1 unspecified atom stereocenters. The summed E-state index contributed by atoms with van der Waals surface area (Å²) >= 11 is 0. The van der Waals surface area contributed by atoms with Crippen LogP contribution in [0.4, 0.5) is 0 Å². The smallest absolute Gasteiger partial charge is 0.244 e. The van der Waals surface area contributed by atoms with Gasteiger partial charge in [-0.05, 0) is 67.0 Å². The van der Waals surface area contributed by atoms with E-state index < -0.39 is 16.1 Å². The number of hydrogen-bond acceptors (Lipinski definition) is 4. The van der Waals surface area contributed by atoms with Crippen LogP contribution in [0.1, 0.15) is 38.9 Å². The summed E-state index contributed by atoms with van der Waals surface area (Å²) in [6.45, 7) is 6.10. The molecule has 3 aromatic rings. The van der Waals surface area contributed by atoms with Crippen LogP contribution >= 0.6 is 0 Å². The van der Waals surface area contributed by atoms with Gasteiger partial charge in [-0.2, -0.15) is 4.31 Å². The van der Waals surface area contributed by atoms with Gasteiger partial charge in [-0.15, -0.1) is 0 Å². The molecular weight excluding hydrogens is 460 g/mol. The predicted octanol–water partition coefficient (Wildman–Crippen LogP) is 3.58. The van der Waals surface area contributed by atoms with Gasteiger partial charge in [0, 0.05) is 13.1 Å². The van der Waals surface area contributed by atoms with Crippen molar-refractivity contribution in [3.05, 3.63) is 99.6 Å². The van der Waals surface area contributed by atoms with Crippen molar-refractivity contribution in [3.8, 4) is 0 Å². The fourth-order valence-electron chi connectivity index (χ4n) is 4.93. The van der Waals surface area contributed by atoms with E-state index in [0.717, 1.165) is 27.8 Å². The first kappa shape index (κ1) is 25.1. The largest absolute Gasteiger partial charge is 0.392 e. The minimum absolute atomic E-state index is 0.00951. The molecule has 2 N–H and O–H groups in total. The van der Waals surface area contributed by atoms with Gasteiger partial charge in [0.05, 0.1) is 11.5 Å². The van der Waals surface area contributed by atoms with E-state index in [4.69, 9.17) is 0 Å².